The van der Waals surface area contributed by atoms with Crippen LogP contribution in [0.15, 0.2) is 60.7 Å². The minimum absolute atomic E-state index is 0.151. The van der Waals surface area contributed by atoms with Gasteiger partial charge in [-0.1, -0.05) is 63.2 Å². The first-order valence-electron chi connectivity index (χ1n) is 8.91. The third-order valence-electron chi connectivity index (χ3n) is 4.17. The number of aryl methyl sites for hydroxylation is 1. The molecule has 4 heteroatoms. The van der Waals surface area contributed by atoms with Crippen LogP contribution in [0.4, 0.5) is 17.5 Å². The van der Waals surface area contributed by atoms with Gasteiger partial charge < -0.3 is 10.6 Å². The highest BCUT2D eigenvalue weighted by atomic mass is 15.1. The van der Waals surface area contributed by atoms with Crippen LogP contribution < -0.4 is 10.6 Å². The normalized spacial score (nSPS) is 11.2. The van der Waals surface area contributed by atoms with Gasteiger partial charge in [0.2, 0.25) is 5.95 Å². The largest absolute Gasteiger partial charge is 0.350 e. The van der Waals surface area contributed by atoms with Crippen molar-refractivity contribution >= 4 is 17.5 Å². The Balaban J connectivity index is 1.71. The van der Waals surface area contributed by atoms with Crippen molar-refractivity contribution in [2.24, 2.45) is 0 Å². The van der Waals surface area contributed by atoms with Gasteiger partial charge in [0.25, 0.3) is 0 Å². The first kappa shape index (κ1) is 17.9. The molecule has 1 heterocycles. The zero-order valence-electron chi connectivity index (χ0n) is 15.9. The first-order valence-corrected chi connectivity index (χ1v) is 8.91. The smallest absolute Gasteiger partial charge is 0.225 e. The molecule has 0 aliphatic carbocycles. The van der Waals surface area contributed by atoms with Gasteiger partial charge >= 0.3 is 0 Å². The fraction of sp³-hybridized carbons (Fsp3) is 0.273. The van der Waals surface area contributed by atoms with E-state index in [1.165, 1.54) is 11.1 Å². The van der Waals surface area contributed by atoms with E-state index in [2.05, 4.69) is 77.8 Å². The second kappa shape index (κ2) is 7.56. The van der Waals surface area contributed by atoms with Crippen molar-refractivity contribution in [3.8, 4) is 0 Å². The van der Waals surface area contributed by atoms with E-state index in [9.17, 15) is 0 Å². The molecule has 0 aliphatic heterocycles. The summed E-state index contributed by atoms with van der Waals surface area (Å²) in [6, 6.07) is 20.7. The van der Waals surface area contributed by atoms with Gasteiger partial charge in [0.15, 0.2) is 0 Å². The zero-order chi connectivity index (χ0) is 18.6. The molecule has 3 aromatic rings. The fourth-order valence-electron chi connectivity index (χ4n) is 2.69. The summed E-state index contributed by atoms with van der Waals surface area (Å²) in [7, 11) is 0. The van der Waals surface area contributed by atoms with E-state index < -0.39 is 0 Å². The van der Waals surface area contributed by atoms with Crippen LogP contribution in [0.5, 0.6) is 0 Å². The predicted molar refractivity (Wildman–Crippen MR) is 109 cm³/mol. The summed E-state index contributed by atoms with van der Waals surface area (Å²) >= 11 is 0. The lowest BCUT2D eigenvalue weighted by molar-refractivity contribution is 0.590. The molecule has 0 saturated heterocycles. The molecule has 0 amide bonds. The van der Waals surface area contributed by atoms with E-state index in [0.717, 1.165) is 17.2 Å². The maximum Gasteiger partial charge on any atom is 0.225 e. The standard InChI is InChI=1S/C22H26N4/c1-16-14-20(25-19-12-10-18(11-13-19)22(2,3)4)26-21(24-16)23-15-17-8-6-5-7-9-17/h5-14H,15H2,1-4H3,(H2,23,24,25,26). The number of benzene rings is 2. The Morgan fingerprint density at radius 3 is 2.23 bits per heavy atom. The van der Waals surface area contributed by atoms with Crippen molar-refractivity contribution in [2.45, 2.75) is 39.7 Å². The highest BCUT2D eigenvalue weighted by Gasteiger charge is 2.13. The third kappa shape index (κ3) is 4.82. The van der Waals surface area contributed by atoms with Crippen molar-refractivity contribution in [3.05, 3.63) is 77.5 Å². The van der Waals surface area contributed by atoms with Crippen LogP contribution in [0, 0.1) is 6.92 Å². The Morgan fingerprint density at radius 1 is 0.885 bits per heavy atom. The monoisotopic (exact) mass is 346 g/mol. The molecule has 2 aromatic carbocycles. The van der Waals surface area contributed by atoms with Crippen LogP contribution >= 0.6 is 0 Å². The summed E-state index contributed by atoms with van der Waals surface area (Å²) in [6.45, 7) is 9.32. The molecule has 3 rings (SSSR count). The van der Waals surface area contributed by atoms with Crippen LogP contribution in [-0.4, -0.2) is 9.97 Å². The number of hydrogen-bond acceptors (Lipinski definition) is 4. The van der Waals surface area contributed by atoms with Crippen molar-refractivity contribution in [1.82, 2.24) is 9.97 Å². The summed E-state index contributed by atoms with van der Waals surface area (Å²) in [5.74, 6) is 1.42. The zero-order valence-corrected chi connectivity index (χ0v) is 15.9. The summed E-state index contributed by atoms with van der Waals surface area (Å²) in [5.41, 5.74) is 4.60. The van der Waals surface area contributed by atoms with Gasteiger partial charge in [-0.2, -0.15) is 4.98 Å². The summed E-state index contributed by atoms with van der Waals surface area (Å²) in [4.78, 5) is 9.06. The maximum atomic E-state index is 4.58. The molecule has 0 saturated carbocycles. The van der Waals surface area contributed by atoms with Crippen LogP contribution in [0.25, 0.3) is 0 Å². The molecule has 0 aliphatic rings. The Morgan fingerprint density at radius 2 is 1.58 bits per heavy atom. The highest BCUT2D eigenvalue weighted by molar-refractivity contribution is 5.58. The second-order valence-corrected chi connectivity index (χ2v) is 7.51. The van der Waals surface area contributed by atoms with E-state index >= 15 is 0 Å². The van der Waals surface area contributed by atoms with E-state index in [0.29, 0.717) is 12.5 Å². The minimum atomic E-state index is 0.151. The quantitative estimate of drug-likeness (QED) is 0.646. The van der Waals surface area contributed by atoms with Crippen molar-refractivity contribution in [2.75, 3.05) is 10.6 Å². The summed E-state index contributed by atoms with van der Waals surface area (Å²) in [6.07, 6.45) is 0. The summed E-state index contributed by atoms with van der Waals surface area (Å²) < 4.78 is 0. The molecule has 2 N–H and O–H groups in total. The molecule has 4 nitrogen and oxygen atoms in total. The Bertz CT molecular complexity index is 850. The van der Waals surface area contributed by atoms with E-state index in [4.69, 9.17) is 0 Å². The lowest BCUT2D eigenvalue weighted by Crippen LogP contribution is -2.10. The average molecular weight is 346 g/mol. The minimum Gasteiger partial charge on any atom is -0.350 e. The third-order valence-corrected chi connectivity index (χ3v) is 4.17. The molecule has 1 aromatic heterocycles. The van der Waals surface area contributed by atoms with E-state index in [1.807, 2.05) is 31.2 Å². The average Bonchev–Trinajstić information content (AvgIpc) is 2.60. The van der Waals surface area contributed by atoms with Gasteiger partial charge in [-0.05, 0) is 35.6 Å². The number of rotatable bonds is 5. The molecule has 0 spiro atoms. The lowest BCUT2D eigenvalue weighted by atomic mass is 9.87. The number of hydrogen-bond donors (Lipinski definition) is 2. The van der Waals surface area contributed by atoms with Gasteiger partial charge in [-0.25, -0.2) is 4.98 Å². The highest BCUT2D eigenvalue weighted by Crippen LogP contribution is 2.25. The first-order chi connectivity index (χ1) is 12.4. The number of nitrogens with one attached hydrogen (secondary N) is 2. The van der Waals surface area contributed by atoms with Crippen molar-refractivity contribution < 1.29 is 0 Å². The van der Waals surface area contributed by atoms with Gasteiger partial charge in [0.1, 0.15) is 5.82 Å². The van der Waals surface area contributed by atoms with E-state index in [1.54, 1.807) is 0 Å². The van der Waals surface area contributed by atoms with Crippen LogP contribution in [0.3, 0.4) is 0 Å². The molecular weight excluding hydrogens is 320 g/mol. The van der Waals surface area contributed by atoms with Crippen molar-refractivity contribution in [3.63, 3.8) is 0 Å². The molecule has 0 unspecified atom stereocenters. The molecule has 26 heavy (non-hydrogen) atoms. The topological polar surface area (TPSA) is 49.8 Å². The maximum absolute atomic E-state index is 4.58. The fourth-order valence-corrected chi connectivity index (χ4v) is 2.69. The number of aromatic nitrogens is 2. The van der Waals surface area contributed by atoms with Gasteiger partial charge in [-0.3, -0.25) is 0 Å². The molecule has 0 radical (unpaired) electrons. The van der Waals surface area contributed by atoms with Gasteiger partial charge in [-0.15, -0.1) is 0 Å². The van der Waals surface area contributed by atoms with Crippen LogP contribution in [0.2, 0.25) is 0 Å². The number of nitrogens with zero attached hydrogens (tertiary/aromatic N) is 2. The lowest BCUT2D eigenvalue weighted by Gasteiger charge is -2.19. The second-order valence-electron chi connectivity index (χ2n) is 7.51. The SMILES string of the molecule is Cc1cc(Nc2ccc(C(C)(C)C)cc2)nc(NCc2ccccc2)n1. The molecule has 134 valence electrons. The van der Waals surface area contributed by atoms with Gasteiger partial charge in [0, 0.05) is 24.0 Å². The molecule has 0 bridgehead atoms. The predicted octanol–water partition coefficient (Wildman–Crippen LogP) is 5.44. The molecule has 0 atom stereocenters. The van der Waals surface area contributed by atoms with Crippen molar-refractivity contribution in [1.29, 1.82) is 0 Å². The van der Waals surface area contributed by atoms with Gasteiger partial charge in [0.05, 0.1) is 0 Å². The van der Waals surface area contributed by atoms with E-state index in [-0.39, 0.29) is 5.41 Å². The van der Waals surface area contributed by atoms with Crippen LogP contribution in [-0.2, 0) is 12.0 Å². The Kier molecular flexibility index (Phi) is 5.21. The Hall–Kier alpha value is -2.88. The molecular formula is C22H26N4. The number of anilines is 3. The molecule has 0 fully saturated rings. The van der Waals surface area contributed by atoms with Crippen LogP contribution in [0.1, 0.15) is 37.6 Å². The Labute approximate surface area is 155 Å². The summed E-state index contributed by atoms with van der Waals surface area (Å²) in [5, 5.41) is 6.67.